The Balaban J connectivity index is 1.21. The van der Waals surface area contributed by atoms with Crippen LogP contribution in [0.25, 0.3) is 0 Å². The number of likely N-dealkylation sites (tertiary alicyclic amines) is 1. The van der Waals surface area contributed by atoms with Gasteiger partial charge in [-0.15, -0.1) is 0 Å². The van der Waals surface area contributed by atoms with Crippen LogP contribution in [-0.2, 0) is 11.3 Å². The smallest absolute Gasteiger partial charge is 0.317 e. The summed E-state index contributed by atoms with van der Waals surface area (Å²) in [6.07, 6.45) is 1.09. The zero-order valence-electron chi connectivity index (χ0n) is 16.7. The van der Waals surface area contributed by atoms with Crippen molar-refractivity contribution in [1.29, 1.82) is 0 Å². The summed E-state index contributed by atoms with van der Waals surface area (Å²) < 4.78 is 0. The number of amides is 3. The number of hydrogen-bond donors (Lipinski definition) is 1. The highest BCUT2D eigenvalue weighted by Crippen LogP contribution is 2.19. The largest absolute Gasteiger partial charge is 0.338 e. The third-order valence-corrected chi connectivity index (χ3v) is 5.74. The van der Waals surface area contributed by atoms with Crippen molar-refractivity contribution < 1.29 is 9.59 Å². The second-order valence-corrected chi connectivity index (χ2v) is 7.86. The van der Waals surface area contributed by atoms with Gasteiger partial charge in [0.1, 0.15) is 6.54 Å². The normalized spacial score (nSPS) is 20.1. The lowest BCUT2D eigenvalue weighted by Crippen LogP contribution is -2.55. The van der Waals surface area contributed by atoms with Crippen LogP contribution in [0.1, 0.15) is 12.0 Å². The lowest BCUT2D eigenvalue weighted by Gasteiger charge is -2.34. The first kappa shape index (κ1) is 19.5. The van der Waals surface area contributed by atoms with Gasteiger partial charge < -0.3 is 15.1 Å². The Morgan fingerprint density at radius 3 is 2.41 bits per heavy atom. The number of urea groups is 1. The Morgan fingerprint density at radius 1 is 0.966 bits per heavy atom. The Morgan fingerprint density at radius 2 is 1.69 bits per heavy atom. The number of nitrogens with zero attached hydrogens (tertiary/aromatic N) is 3. The van der Waals surface area contributed by atoms with E-state index in [1.165, 1.54) is 5.56 Å². The summed E-state index contributed by atoms with van der Waals surface area (Å²) in [4.78, 5) is 30.8. The maximum Gasteiger partial charge on any atom is 0.317 e. The first-order valence-corrected chi connectivity index (χ1v) is 10.3. The van der Waals surface area contributed by atoms with Crippen molar-refractivity contribution in [2.24, 2.45) is 5.92 Å². The lowest BCUT2D eigenvalue weighted by atomic mass is 10.1. The summed E-state index contributed by atoms with van der Waals surface area (Å²) >= 11 is 0. The van der Waals surface area contributed by atoms with Crippen molar-refractivity contribution in [2.75, 3.05) is 44.2 Å². The molecule has 0 saturated carbocycles. The van der Waals surface area contributed by atoms with Crippen molar-refractivity contribution in [2.45, 2.75) is 13.0 Å². The summed E-state index contributed by atoms with van der Waals surface area (Å²) in [6.45, 7) is 4.89. The van der Waals surface area contributed by atoms with Crippen molar-refractivity contribution >= 4 is 17.6 Å². The third kappa shape index (κ3) is 4.95. The number of benzene rings is 2. The van der Waals surface area contributed by atoms with Crippen LogP contribution in [0.3, 0.4) is 0 Å². The molecule has 2 aromatic rings. The van der Waals surface area contributed by atoms with E-state index in [2.05, 4.69) is 34.5 Å². The number of carbonyl (C=O) groups is 2. The maximum atomic E-state index is 12.5. The zero-order chi connectivity index (χ0) is 20.1. The topological polar surface area (TPSA) is 55.9 Å². The monoisotopic (exact) mass is 392 g/mol. The highest BCUT2D eigenvalue weighted by Gasteiger charge is 2.29. The molecule has 29 heavy (non-hydrogen) atoms. The number of hydrogen-bond acceptors (Lipinski definition) is 3. The summed E-state index contributed by atoms with van der Waals surface area (Å²) in [7, 11) is 0. The van der Waals surface area contributed by atoms with E-state index < -0.39 is 0 Å². The van der Waals surface area contributed by atoms with Crippen molar-refractivity contribution in [1.82, 2.24) is 15.1 Å². The molecule has 2 heterocycles. The van der Waals surface area contributed by atoms with Gasteiger partial charge in [0.15, 0.2) is 0 Å². The van der Waals surface area contributed by atoms with Crippen LogP contribution in [0, 0.1) is 5.92 Å². The van der Waals surface area contributed by atoms with Crippen molar-refractivity contribution in [3.8, 4) is 0 Å². The lowest BCUT2D eigenvalue weighted by molar-refractivity contribution is -0.120. The van der Waals surface area contributed by atoms with Gasteiger partial charge in [-0.2, -0.15) is 0 Å². The van der Waals surface area contributed by atoms with Gasteiger partial charge in [-0.05, 0) is 36.6 Å². The number of piperazine rings is 1. The van der Waals surface area contributed by atoms with E-state index in [1.807, 2.05) is 36.4 Å². The Kier molecular flexibility index (Phi) is 6.10. The molecule has 0 unspecified atom stereocenters. The molecule has 2 aliphatic rings. The van der Waals surface area contributed by atoms with Crippen LogP contribution in [0.4, 0.5) is 10.5 Å². The van der Waals surface area contributed by atoms with Crippen LogP contribution in [0.15, 0.2) is 60.7 Å². The molecule has 2 saturated heterocycles. The van der Waals surface area contributed by atoms with Crippen molar-refractivity contribution in [3.63, 3.8) is 0 Å². The third-order valence-electron chi connectivity index (χ3n) is 5.74. The molecule has 2 aliphatic heterocycles. The molecule has 152 valence electrons. The molecule has 6 heteroatoms. The fourth-order valence-electron chi connectivity index (χ4n) is 4.14. The van der Waals surface area contributed by atoms with Crippen LogP contribution >= 0.6 is 0 Å². The van der Waals surface area contributed by atoms with E-state index in [-0.39, 0.29) is 18.5 Å². The van der Waals surface area contributed by atoms with Gasteiger partial charge in [-0.3, -0.25) is 9.69 Å². The van der Waals surface area contributed by atoms with Crippen LogP contribution in [-0.4, -0.2) is 61.0 Å². The predicted molar refractivity (Wildman–Crippen MR) is 114 cm³/mol. The minimum absolute atomic E-state index is 0.0347. The molecule has 0 radical (unpaired) electrons. The summed E-state index contributed by atoms with van der Waals surface area (Å²) in [5, 5.41) is 3.04. The zero-order valence-corrected chi connectivity index (χ0v) is 16.7. The second-order valence-electron chi connectivity index (χ2n) is 7.86. The molecule has 3 amide bonds. The van der Waals surface area contributed by atoms with Gasteiger partial charge in [0.05, 0.1) is 0 Å². The molecular weight excluding hydrogens is 364 g/mol. The highest BCUT2D eigenvalue weighted by atomic mass is 16.2. The minimum Gasteiger partial charge on any atom is -0.338 e. The second kappa shape index (κ2) is 9.09. The SMILES string of the molecule is O=C(NC[C@H]1CCN(Cc2ccccc2)C1)N1CCN(c2ccccc2)C(=O)C1. The number of rotatable bonds is 5. The molecule has 0 spiro atoms. The number of nitrogens with one attached hydrogen (secondary N) is 1. The molecule has 0 aliphatic carbocycles. The molecule has 2 fully saturated rings. The van der Waals surface area contributed by atoms with Gasteiger partial charge in [0, 0.05) is 38.4 Å². The standard InChI is InChI=1S/C23H28N4O2/c28-22-18-26(13-14-27(22)21-9-5-2-6-10-21)23(29)24-15-20-11-12-25(17-20)16-19-7-3-1-4-8-19/h1-10,20H,11-18H2,(H,24,29)/t20-/m1/s1. The van der Waals surface area contributed by atoms with Crippen molar-refractivity contribution in [3.05, 3.63) is 66.2 Å². The highest BCUT2D eigenvalue weighted by molar-refractivity contribution is 5.97. The molecule has 6 nitrogen and oxygen atoms in total. The molecule has 4 rings (SSSR count). The quantitative estimate of drug-likeness (QED) is 0.851. The van der Waals surface area contributed by atoms with Gasteiger partial charge in [0.2, 0.25) is 5.91 Å². The van der Waals surface area contributed by atoms with E-state index in [0.29, 0.717) is 25.6 Å². The Bertz CT molecular complexity index is 827. The first-order valence-electron chi connectivity index (χ1n) is 10.3. The first-order chi connectivity index (χ1) is 14.2. The van der Waals surface area contributed by atoms with Crippen LogP contribution in [0.5, 0.6) is 0 Å². The molecule has 1 N–H and O–H groups in total. The number of anilines is 1. The summed E-state index contributed by atoms with van der Waals surface area (Å²) in [5.41, 5.74) is 2.22. The molecule has 0 bridgehead atoms. The van der Waals surface area contributed by atoms with E-state index in [1.54, 1.807) is 9.80 Å². The van der Waals surface area contributed by atoms with Crippen LogP contribution < -0.4 is 10.2 Å². The summed E-state index contributed by atoms with van der Waals surface area (Å²) in [5.74, 6) is 0.427. The van der Waals surface area contributed by atoms with Crippen LogP contribution in [0.2, 0.25) is 0 Å². The minimum atomic E-state index is -0.132. The molecule has 1 atom stereocenters. The molecule has 2 aromatic carbocycles. The predicted octanol–water partition coefficient (Wildman–Crippen LogP) is 2.57. The van der Waals surface area contributed by atoms with E-state index in [0.717, 1.165) is 31.7 Å². The summed E-state index contributed by atoms with van der Waals surface area (Å²) in [6, 6.07) is 20.0. The molecular formula is C23H28N4O2. The fourth-order valence-corrected chi connectivity index (χ4v) is 4.14. The van der Waals surface area contributed by atoms with E-state index >= 15 is 0 Å². The van der Waals surface area contributed by atoms with Gasteiger partial charge >= 0.3 is 6.03 Å². The van der Waals surface area contributed by atoms with Gasteiger partial charge in [-0.25, -0.2) is 4.79 Å². The van der Waals surface area contributed by atoms with E-state index in [4.69, 9.17) is 0 Å². The van der Waals surface area contributed by atoms with Gasteiger partial charge in [0.25, 0.3) is 0 Å². The maximum absolute atomic E-state index is 12.5. The molecule has 0 aromatic heterocycles. The Hall–Kier alpha value is -2.86. The number of carbonyl (C=O) groups excluding carboxylic acids is 2. The average molecular weight is 393 g/mol. The van der Waals surface area contributed by atoms with E-state index in [9.17, 15) is 9.59 Å². The number of para-hydroxylation sites is 1. The fraction of sp³-hybridized carbons (Fsp3) is 0.391. The van der Waals surface area contributed by atoms with Gasteiger partial charge in [-0.1, -0.05) is 48.5 Å². The average Bonchev–Trinajstić information content (AvgIpc) is 3.20. The Labute approximate surface area is 172 Å².